The maximum Gasteiger partial charge on any atom is 0.358 e. The van der Waals surface area contributed by atoms with Crippen LogP contribution in [-0.4, -0.2) is 13.5 Å². The van der Waals surface area contributed by atoms with Crippen LogP contribution in [0.2, 0.25) is 0 Å². The van der Waals surface area contributed by atoms with Crippen molar-refractivity contribution < 1.29 is 12.7 Å². The van der Waals surface area contributed by atoms with E-state index in [0.717, 1.165) is 11.1 Å². The Hall–Kier alpha value is -2.82. The molecule has 0 amide bonds. The molecule has 0 unspecified atom stereocenters. The molecule has 2 aromatic carbocycles. The number of oxime groups is 1. The fourth-order valence-corrected chi connectivity index (χ4v) is 4.36. The van der Waals surface area contributed by atoms with Crippen LogP contribution in [0.4, 0.5) is 0 Å². The highest BCUT2D eigenvalue weighted by Gasteiger charge is 2.22. The molecule has 0 aromatic heterocycles. The van der Waals surface area contributed by atoms with E-state index in [0.29, 0.717) is 21.8 Å². The zero-order valence-electron chi connectivity index (χ0n) is 14.7. The number of hydrogen-bond acceptors (Lipinski definition) is 6. The summed E-state index contributed by atoms with van der Waals surface area (Å²) in [7, 11) is -4.04. The van der Waals surface area contributed by atoms with Gasteiger partial charge in [-0.2, -0.15) is 13.7 Å². The van der Waals surface area contributed by atoms with Crippen molar-refractivity contribution in [2.75, 3.05) is 0 Å². The van der Waals surface area contributed by atoms with Crippen LogP contribution >= 0.6 is 11.8 Å². The van der Waals surface area contributed by atoms with E-state index in [1.165, 1.54) is 17.8 Å². The van der Waals surface area contributed by atoms with E-state index in [-0.39, 0.29) is 4.90 Å². The molecule has 136 valence electrons. The van der Waals surface area contributed by atoms with Crippen molar-refractivity contribution in [3.05, 3.63) is 82.3 Å². The molecule has 0 saturated carbocycles. The molecule has 0 aliphatic carbocycles. The predicted molar refractivity (Wildman–Crippen MR) is 107 cm³/mol. The van der Waals surface area contributed by atoms with Gasteiger partial charge in [-0.3, -0.25) is 4.28 Å². The first-order valence-corrected chi connectivity index (χ1v) is 10.3. The van der Waals surface area contributed by atoms with Gasteiger partial charge in [0.1, 0.15) is 16.0 Å². The Morgan fingerprint density at radius 1 is 1.07 bits per heavy atom. The van der Waals surface area contributed by atoms with Crippen LogP contribution in [0.3, 0.4) is 0 Å². The van der Waals surface area contributed by atoms with E-state index in [1.807, 2.05) is 31.2 Å². The monoisotopic (exact) mass is 396 g/mol. The summed E-state index contributed by atoms with van der Waals surface area (Å²) in [6.45, 7) is 3.60. The third-order valence-electron chi connectivity index (χ3n) is 4.02. The predicted octanol–water partition coefficient (Wildman–Crippen LogP) is 4.56. The highest BCUT2D eigenvalue weighted by Crippen LogP contribution is 2.32. The normalized spacial score (nSPS) is 17.0. The largest absolute Gasteiger partial charge is 0.358 e. The van der Waals surface area contributed by atoms with E-state index in [4.69, 9.17) is 4.28 Å². The fourth-order valence-electron chi connectivity index (χ4n) is 2.64. The number of nitriles is 1. The first kappa shape index (κ1) is 19.0. The quantitative estimate of drug-likeness (QED) is 0.559. The number of thioether (sulfide) groups is 1. The van der Waals surface area contributed by atoms with Gasteiger partial charge < -0.3 is 0 Å². The highest BCUT2D eigenvalue weighted by atomic mass is 32.2. The first-order chi connectivity index (χ1) is 12.9. The molecule has 1 aliphatic heterocycles. The first-order valence-electron chi connectivity index (χ1n) is 8.05. The second kappa shape index (κ2) is 7.82. The molecule has 3 rings (SSSR count). The molecule has 1 heterocycles. The number of benzene rings is 2. The highest BCUT2D eigenvalue weighted by molar-refractivity contribution is 8.17. The van der Waals surface area contributed by atoms with Gasteiger partial charge in [0.15, 0.2) is 0 Å². The van der Waals surface area contributed by atoms with Gasteiger partial charge in [0.25, 0.3) is 0 Å². The van der Waals surface area contributed by atoms with Gasteiger partial charge in [-0.15, -0.1) is 0 Å². The third kappa shape index (κ3) is 3.97. The Morgan fingerprint density at radius 3 is 2.41 bits per heavy atom. The lowest BCUT2D eigenvalue weighted by Gasteiger charge is -2.08. The zero-order chi connectivity index (χ0) is 19.4. The number of hydrogen-bond donors (Lipinski definition) is 0. The van der Waals surface area contributed by atoms with Gasteiger partial charge in [-0.25, -0.2) is 0 Å². The van der Waals surface area contributed by atoms with Crippen LogP contribution in [0.1, 0.15) is 16.7 Å². The van der Waals surface area contributed by atoms with Crippen LogP contribution in [-0.2, 0) is 14.4 Å². The average molecular weight is 396 g/mol. The number of nitrogens with zero attached hydrogens (tertiary/aromatic N) is 2. The molecule has 0 N–H and O–H groups in total. The summed E-state index contributed by atoms with van der Waals surface area (Å²) < 4.78 is 29.8. The van der Waals surface area contributed by atoms with Crippen LogP contribution in [0.5, 0.6) is 0 Å². The maximum atomic E-state index is 12.4. The van der Waals surface area contributed by atoms with Gasteiger partial charge in [0.2, 0.25) is 0 Å². The Morgan fingerprint density at radius 2 is 1.74 bits per heavy atom. The minimum absolute atomic E-state index is 0.0650. The molecule has 27 heavy (non-hydrogen) atoms. The molecule has 7 heteroatoms. The van der Waals surface area contributed by atoms with Crippen LogP contribution < -0.4 is 0 Å². The minimum Gasteiger partial charge on any atom is -0.264 e. The summed E-state index contributed by atoms with van der Waals surface area (Å²) in [5.74, 6) is 0. The summed E-state index contributed by atoms with van der Waals surface area (Å²) in [5.41, 5.74) is 3.25. The maximum absolute atomic E-state index is 12.4. The zero-order valence-corrected chi connectivity index (χ0v) is 16.3. The average Bonchev–Trinajstić information content (AvgIpc) is 3.11. The summed E-state index contributed by atoms with van der Waals surface area (Å²) in [6.07, 6.45) is 1.73. The topological polar surface area (TPSA) is 79.5 Å². The van der Waals surface area contributed by atoms with Crippen molar-refractivity contribution in [2.24, 2.45) is 5.16 Å². The van der Waals surface area contributed by atoms with E-state index < -0.39 is 10.1 Å². The molecule has 5 nitrogen and oxygen atoms in total. The molecule has 0 saturated heterocycles. The standard InChI is InChI=1S/C20H16N2O3S2/c1-14-7-3-5-9-16(14)18(13-21)17-11-12-26-20(17)22-25-27(23,24)19-10-6-4-8-15(19)2/h3-12H,1-2H3/b18-17+,22-20-. The Bertz CT molecular complexity index is 1120. The van der Waals surface area contributed by atoms with Crippen LogP contribution in [0.15, 0.2) is 75.6 Å². The van der Waals surface area contributed by atoms with Crippen molar-refractivity contribution in [1.29, 1.82) is 5.26 Å². The van der Waals surface area contributed by atoms with E-state index in [1.54, 1.807) is 36.6 Å². The minimum atomic E-state index is -4.04. The summed E-state index contributed by atoms with van der Waals surface area (Å²) >= 11 is 1.21. The summed E-state index contributed by atoms with van der Waals surface area (Å²) in [5, 5.41) is 15.6. The second-order valence-electron chi connectivity index (χ2n) is 5.83. The lowest BCUT2D eigenvalue weighted by molar-refractivity contribution is 0.340. The number of aryl methyl sites for hydroxylation is 2. The van der Waals surface area contributed by atoms with Crippen molar-refractivity contribution in [3.63, 3.8) is 0 Å². The number of allylic oxidation sites excluding steroid dienone is 2. The van der Waals surface area contributed by atoms with Gasteiger partial charge >= 0.3 is 10.1 Å². The molecular formula is C20H16N2O3S2. The van der Waals surface area contributed by atoms with Gasteiger partial charge in [0, 0.05) is 5.57 Å². The smallest absolute Gasteiger partial charge is 0.264 e. The SMILES string of the molecule is Cc1ccccc1/C(C#N)=C1\C=CS\C1=N/OS(=O)(=O)c1ccccc1C. The van der Waals surface area contributed by atoms with Gasteiger partial charge in [-0.05, 0) is 48.1 Å². The third-order valence-corrected chi connectivity index (χ3v) is 6.08. The second-order valence-corrected chi connectivity index (χ2v) is 8.22. The molecule has 0 fully saturated rings. The van der Waals surface area contributed by atoms with E-state index >= 15 is 0 Å². The van der Waals surface area contributed by atoms with Crippen molar-refractivity contribution in [2.45, 2.75) is 18.7 Å². The lowest BCUT2D eigenvalue weighted by Crippen LogP contribution is -2.06. The number of rotatable bonds is 4. The summed E-state index contributed by atoms with van der Waals surface area (Å²) in [4.78, 5) is 0.0650. The Labute approximate surface area is 162 Å². The van der Waals surface area contributed by atoms with Crippen molar-refractivity contribution in [1.82, 2.24) is 0 Å². The molecule has 0 spiro atoms. The molecule has 2 aromatic rings. The van der Waals surface area contributed by atoms with E-state index in [2.05, 4.69) is 11.2 Å². The molecule has 0 radical (unpaired) electrons. The molecular weight excluding hydrogens is 380 g/mol. The molecule has 0 bridgehead atoms. The van der Waals surface area contributed by atoms with Crippen LogP contribution in [0, 0.1) is 25.2 Å². The molecule has 0 atom stereocenters. The van der Waals surface area contributed by atoms with Gasteiger partial charge in [0.05, 0.1) is 5.57 Å². The van der Waals surface area contributed by atoms with Crippen molar-refractivity contribution >= 4 is 32.5 Å². The lowest BCUT2D eigenvalue weighted by atomic mass is 9.97. The molecule has 1 aliphatic rings. The Balaban J connectivity index is 1.99. The van der Waals surface area contributed by atoms with E-state index in [9.17, 15) is 13.7 Å². The fraction of sp³-hybridized carbons (Fsp3) is 0.100. The van der Waals surface area contributed by atoms with Gasteiger partial charge in [-0.1, -0.05) is 59.4 Å². The van der Waals surface area contributed by atoms with Crippen molar-refractivity contribution in [3.8, 4) is 6.07 Å². The van der Waals surface area contributed by atoms with Crippen LogP contribution in [0.25, 0.3) is 5.57 Å². The summed E-state index contributed by atoms with van der Waals surface area (Å²) in [6, 6.07) is 16.2. The Kier molecular flexibility index (Phi) is 5.49.